The Labute approximate surface area is 203 Å². The van der Waals surface area contributed by atoms with Crippen LogP contribution in [-0.2, 0) is 21.2 Å². The molecule has 0 aliphatic rings. The zero-order valence-electron chi connectivity index (χ0n) is 19.2. The number of carbonyl (C=O) groups is 1. The van der Waals surface area contributed by atoms with Crippen LogP contribution >= 0.6 is 0 Å². The molecule has 3 aromatic carbocycles. The lowest BCUT2D eigenvalue weighted by atomic mass is 10.1. The number of aryl methyl sites for hydroxylation is 1. The summed E-state index contributed by atoms with van der Waals surface area (Å²) in [7, 11) is -4.28. The smallest absolute Gasteiger partial charge is 0.421 e. The molecule has 1 N–H and O–H groups in total. The van der Waals surface area contributed by atoms with Crippen LogP contribution in [0.2, 0.25) is 0 Å². The van der Waals surface area contributed by atoms with Crippen LogP contribution in [0.4, 0.5) is 9.18 Å². The van der Waals surface area contributed by atoms with E-state index in [-0.39, 0.29) is 17.1 Å². The molecule has 0 spiro atoms. The van der Waals surface area contributed by atoms with Crippen molar-refractivity contribution in [2.45, 2.75) is 25.2 Å². The number of halogens is 1. The second kappa shape index (κ2) is 10.1. The second-order valence-electron chi connectivity index (χ2n) is 7.65. The topological polar surface area (TPSA) is 90.3 Å². The highest BCUT2D eigenvalue weighted by Gasteiger charge is 2.23. The first-order valence-electron chi connectivity index (χ1n) is 11.1. The number of nitrogens with one attached hydrogen (secondary N) is 1. The predicted molar refractivity (Wildman–Crippen MR) is 131 cm³/mol. The summed E-state index contributed by atoms with van der Waals surface area (Å²) in [5.74, 6) is 0.263. The van der Waals surface area contributed by atoms with E-state index < -0.39 is 21.9 Å². The van der Waals surface area contributed by atoms with Crippen LogP contribution < -0.4 is 4.72 Å². The molecule has 4 rings (SSSR count). The minimum Gasteiger partial charge on any atom is -0.449 e. The summed E-state index contributed by atoms with van der Waals surface area (Å²) in [6.07, 6.45) is 1.56. The number of sulfonamides is 1. The lowest BCUT2D eigenvalue weighted by molar-refractivity contribution is 0.158. The Morgan fingerprint density at radius 3 is 2.37 bits per heavy atom. The average Bonchev–Trinajstić information content (AvgIpc) is 3.29. The fourth-order valence-electron chi connectivity index (χ4n) is 3.73. The molecular formula is C26H24FN3O4S. The zero-order valence-corrected chi connectivity index (χ0v) is 20.0. The van der Waals surface area contributed by atoms with Crippen LogP contribution in [-0.4, -0.2) is 30.7 Å². The van der Waals surface area contributed by atoms with Crippen LogP contribution in [0.3, 0.4) is 0 Å². The molecule has 4 aromatic rings. The van der Waals surface area contributed by atoms with Gasteiger partial charge in [-0.25, -0.2) is 27.3 Å². The molecule has 0 fully saturated rings. The Morgan fingerprint density at radius 2 is 1.71 bits per heavy atom. The van der Waals surface area contributed by atoms with Crippen molar-refractivity contribution >= 4 is 16.1 Å². The molecule has 0 bridgehead atoms. The molecule has 0 saturated carbocycles. The third kappa shape index (κ3) is 5.25. The number of nitrogens with zero attached hydrogens (tertiary/aromatic N) is 2. The van der Waals surface area contributed by atoms with E-state index in [2.05, 4.69) is 4.74 Å². The summed E-state index contributed by atoms with van der Waals surface area (Å²) in [5.41, 5.74) is 3.26. The van der Waals surface area contributed by atoms with Crippen molar-refractivity contribution in [3.05, 3.63) is 90.6 Å². The minimum absolute atomic E-state index is 0.0130. The van der Waals surface area contributed by atoms with Gasteiger partial charge in [0.1, 0.15) is 11.6 Å². The van der Waals surface area contributed by atoms with Gasteiger partial charge in [0.15, 0.2) is 0 Å². The molecule has 0 unspecified atom stereocenters. The summed E-state index contributed by atoms with van der Waals surface area (Å²) in [4.78, 5) is 16.2. The third-order valence-corrected chi connectivity index (χ3v) is 6.72. The molecule has 1 heterocycles. The molecule has 0 saturated heterocycles. The molecule has 0 aliphatic carbocycles. The SMILES string of the molecule is CCOC(=O)NS(=O)(=O)c1ccc(F)cc1-c1ccc(-n2cc(-c3ccccc3)nc2CC)cc1. The molecule has 1 amide bonds. The number of amides is 1. The number of rotatable bonds is 7. The van der Waals surface area contributed by atoms with Crippen LogP contribution in [0.15, 0.2) is 83.9 Å². The van der Waals surface area contributed by atoms with Crippen molar-refractivity contribution < 1.29 is 22.3 Å². The molecule has 0 radical (unpaired) electrons. The minimum atomic E-state index is -4.28. The van der Waals surface area contributed by atoms with Gasteiger partial charge in [0, 0.05) is 29.4 Å². The number of hydrogen-bond donors (Lipinski definition) is 1. The van der Waals surface area contributed by atoms with Crippen molar-refractivity contribution in [2.75, 3.05) is 6.61 Å². The van der Waals surface area contributed by atoms with Crippen molar-refractivity contribution in [2.24, 2.45) is 0 Å². The molecule has 0 aliphatic heterocycles. The van der Waals surface area contributed by atoms with Gasteiger partial charge < -0.3 is 9.30 Å². The van der Waals surface area contributed by atoms with Crippen molar-refractivity contribution in [1.29, 1.82) is 0 Å². The van der Waals surface area contributed by atoms with Gasteiger partial charge in [-0.15, -0.1) is 0 Å². The van der Waals surface area contributed by atoms with Gasteiger partial charge in [0.25, 0.3) is 10.0 Å². The summed E-state index contributed by atoms with van der Waals surface area (Å²) < 4.78 is 48.2. The number of benzene rings is 3. The lowest BCUT2D eigenvalue weighted by Crippen LogP contribution is -2.31. The molecule has 1 aromatic heterocycles. The first-order chi connectivity index (χ1) is 16.8. The number of carbonyl (C=O) groups excluding carboxylic acids is 1. The van der Waals surface area contributed by atoms with Gasteiger partial charge in [0.05, 0.1) is 17.2 Å². The van der Waals surface area contributed by atoms with Gasteiger partial charge in [-0.2, -0.15) is 0 Å². The maximum Gasteiger partial charge on any atom is 0.421 e. The van der Waals surface area contributed by atoms with E-state index >= 15 is 0 Å². The van der Waals surface area contributed by atoms with E-state index in [0.717, 1.165) is 41.0 Å². The molecular weight excluding hydrogens is 469 g/mol. The maximum atomic E-state index is 14.1. The Morgan fingerprint density at radius 1 is 1.00 bits per heavy atom. The van der Waals surface area contributed by atoms with Crippen LogP contribution in [0.5, 0.6) is 0 Å². The normalized spacial score (nSPS) is 11.3. The highest BCUT2D eigenvalue weighted by Crippen LogP contribution is 2.30. The van der Waals surface area contributed by atoms with Crippen LogP contribution in [0, 0.1) is 5.82 Å². The Hall–Kier alpha value is -3.98. The van der Waals surface area contributed by atoms with E-state index in [9.17, 15) is 17.6 Å². The van der Waals surface area contributed by atoms with Crippen LogP contribution in [0.1, 0.15) is 19.7 Å². The largest absolute Gasteiger partial charge is 0.449 e. The quantitative estimate of drug-likeness (QED) is 0.375. The summed E-state index contributed by atoms with van der Waals surface area (Å²) in [6.45, 7) is 3.59. The highest BCUT2D eigenvalue weighted by atomic mass is 32.2. The molecule has 0 atom stereocenters. The highest BCUT2D eigenvalue weighted by molar-refractivity contribution is 7.90. The van der Waals surface area contributed by atoms with Crippen molar-refractivity contribution in [3.63, 3.8) is 0 Å². The Balaban J connectivity index is 1.71. The first kappa shape index (κ1) is 24.2. The summed E-state index contributed by atoms with van der Waals surface area (Å²) >= 11 is 0. The average molecular weight is 494 g/mol. The number of ether oxygens (including phenoxy) is 1. The van der Waals surface area contributed by atoms with E-state index in [1.807, 2.05) is 64.9 Å². The van der Waals surface area contributed by atoms with E-state index in [4.69, 9.17) is 4.98 Å². The third-order valence-electron chi connectivity index (χ3n) is 5.35. The van der Waals surface area contributed by atoms with Crippen LogP contribution in [0.25, 0.3) is 28.1 Å². The fourth-order valence-corrected chi connectivity index (χ4v) is 4.83. The summed E-state index contributed by atoms with van der Waals surface area (Å²) in [5, 5.41) is 0. The Bertz CT molecular complexity index is 1450. The summed E-state index contributed by atoms with van der Waals surface area (Å²) in [6, 6.07) is 20.1. The first-order valence-corrected chi connectivity index (χ1v) is 12.5. The predicted octanol–water partition coefficient (Wildman–Crippen LogP) is 5.34. The van der Waals surface area contributed by atoms with Gasteiger partial charge in [-0.05, 0) is 42.8 Å². The van der Waals surface area contributed by atoms with Gasteiger partial charge >= 0.3 is 6.09 Å². The van der Waals surface area contributed by atoms with E-state index in [1.165, 1.54) is 0 Å². The number of imidazole rings is 1. The van der Waals surface area contributed by atoms with Gasteiger partial charge in [-0.3, -0.25) is 0 Å². The number of aromatic nitrogens is 2. The molecule has 35 heavy (non-hydrogen) atoms. The van der Waals surface area contributed by atoms with Crippen molar-refractivity contribution in [3.8, 4) is 28.1 Å². The standard InChI is InChI=1S/C26H24FN3O4S/c1-3-25-28-23(19-8-6-5-7-9-19)17-30(25)21-13-10-18(11-14-21)22-16-20(27)12-15-24(22)35(32,33)29-26(31)34-4-2/h5-17H,3-4H2,1-2H3,(H,29,31). The zero-order chi connectivity index (χ0) is 25.0. The fraction of sp³-hybridized carbons (Fsp3) is 0.154. The van der Waals surface area contributed by atoms with E-state index in [1.54, 1.807) is 19.1 Å². The number of hydrogen-bond acceptors (Lipinski definition) is 5. The second-order valence-corrected chi connectivity index (χ2v) is 9.30. The van der Waals surface area contributed by atoms with Gasteiger partial charge in [0.2, 0.25) is 0 Å². The monoisotopic (exact) mass is 493 g/mol. The van der Waals surface area contributed by atoms with Gasteiger partial charge in [-0.1, -0.05) is 49.4 Å². The molecule has 9 heteroatoms. The maximum absolute atomic E-state index is 14.1. The lowest BCUT2D eigenvalue weighted by Gasteiger charge is -2.13. The Kier molecular flexibility index (Phi) is 6.97. The van der Waals surface area contributed by atoms with Crippen molar-refractivity contribution in [1.82, 2.24) is 14.3 Å². The molecule has 7 nitrogen and oxygen atoms in total. The van der Waals surface area contributed by atoms with E-state index in [0.29, 0.717) is 12.0 Å². The molecule has 180 valence electrons.